The van der Waals surface area contributed by atoms with Gasteiger partial charge in [0.2, 0.25) is 17.8 Å². The summed E-state index contributed by atoms with van der Waals surface area (Å²) in [5.74, 6) is 2.49. The maximum atomic E-state index is 11.6. The number of carbonyl (C=O) groups is 1. The van der Waals surface area contributed by atoms with E-state index in [-0.39, 0.29) is 0 Å². The average molecular weight is 362 g/mol. The highest BCUT2D eigenvalue weighted by Crippen LogP contribution is 2.22. The molecule has 0 atom stereocenters. The summed E-state index contributed by atoms with van der Waals surface area (Å²) in [6.07, 6.45) is 3.24. The molecule has 8 heteroatoms. The predicted molar refractivity (Wildman–Crippen MR) is 102 cm³/mol. The quantitative estimate of drug-likeness (QED) is 0.722. The summed E-state index contributed by atoms with van der Waals surface area (Å²) in [7, 11) is 0. The van der Waals surface area contributed by atoms with Crippen LogP contribution in [0, 0.1) is 0 Å². The minimum atomic E-state index is 0.322. The molecule has 2 aliphatic rings. The molecule has 144 valence electrons. The van der Waals surface area contributed by atoms with Crippen molar-refractivity contribution in [1.82, 2.24) is 15.0 Å². The maximum absolute atomic E-state index is 11.6. The van der Waals surface area contributed by atoms with Crippen LogP contribution in [0.4, 0.5) is 17.8 Å². The fraction of sp³-hybridized carbons (Fsp3) is 0.778. The summed E-state index contributed by atoms with van der Waals surface area (Å²) >= 11 is 0. The number of hydrogen-bond donors (Lipinski definition) is 0. The maximum Gasteiger partial charge on any atom is 0.232 e. The minimum Gasteiger partial charge on any atom is -0.378 e. The fourth-order valence-corrected chi connectivity index (χ4v) is 3.34. The minimum absolute atomic E-state index is 0.322. The average Bonchev–Trinajstić information content (AvgIpc) is 2.69. The Hall–Kier alpha value is -1.96. The summed E-state index contributed by atoms with van der Waals surface area (Å²) in [4.78, 5) is 32.4. The van der Waals surface area contributed by atoms with Crippen molar-refractivity contribution in [2.45, 2.75) is 39.5 Å². The molecule has 1 aromatic heterocycles. The van der Waals surface area contributed by atoms with Gasteiger partial charge in [0.25, 0.3) is 0 Å². The summed E-state index contributed by atoms with van der Waals surface area (Å²) in [5.41, 5.74) is 0. The zero-order valence-corrected chi connectivity index (χ0v) is 16.0. The van der Waals surface area contributed by atoms with Gasteiger partial charge in [-0.25, -0.2) is 0 Å². The summed E-state index contributed by atoms with van der Waals surface area (Å²) < 4.78 is 5.46. The second-order valence-electron chi connectivity index (χ2n) is 6.85. The molecule has 0 spiro atoms. The van der Waals surface area contributed by atoms with E-state index in [1.165, 1.54) is 0 Å². The van der Waals surface area contributed by atoms with Crippen molar-refractivity contribution in [2.24, 2.45) is 0 Å². The van der Waals surface area contributed by atoms with E-state index < -0.39 is 0 Å². The first-order chi connectivity index (χ1) is 12.7. The van der Waals surface area contributed by atoms with Gasteiger partial charge in [0.15, 0.2) is 0 Å². The van der Waals surface area contributed by atoms with Gasteiger partial charge in [-0.3, -0.25) is 4.79 Å². The Bertz CT molecular complexity index is 589. The van der Waals surface area contributed by atoms with Crippen LogP contribution in [-0.2, 0) is 9.53 Å². The second kappa shape index (κ2) is 9.12. The smallest absolute Gasteiger partial charge is 0.232 e. The normalized spacial score (nSPS) is 18.3. The number of rotatable bonds is 7. The van der Waals surface area contributed by atoms with Gasteiger partial charge in [-0.2, -0.15) is 15.0 Å². The molecule has 2 fully saturated rings. The number of piperidine rings is 1. The molecule has 0 N–H and O–H groups in total. The Morgan fingerprint density at radius 3 is 1.96 bits per heavy atom. The van der Waals surface area contributed by atoms with Crippen LogP contribution in [0.3, 0.4) is 0 Å². The van der Waals surface area contributed by atoms with Crippen LogP contribution < -0.4 is 14.7 Å². The third-order valence-electron chi connectivity index (χ3n) is 4.77. The molecule has 2 saturated heterocycles. The largest absolute Gasteiger partial charge is 0.378 e. The fourth-order valence-electron chi connectivity index (χ4n) is 3.34. The van der Waals surface area contributed by atoms with E-state index in [1.54, 1.807) is 0 Å². The van der Waals surface area contributed by atoms with Crippen LogP contribution in [0.1, 0.15) is 39.5 Å². The lowest BCUT2D eigenvalue weighted by atomic mass is 10.1. The van der Waals surface area contributed by atoms with Crippen molar-refractivity contribution >= 4 is 23.6 Å². The van der Waals surface area contributed by atoms with E-state index >= 15 is 0 Å². The van der Waals surface area contributed by atoms with Gasteiger partial charge < -0.3 is 19.4 Å². The summed E-state index contributed by atoms with van der Waals surface area (Å²) in [6, 6.07) is 0. The van der Waals surface area contributed by atoms with Crippen LogP contribution >= 0.6 is 0 Å². The van der Waals surface area contributed by atoms with Gasteiger partial charge in [0.05, 0.1) is 13.2 Å². The Morgan fingerprint density at radius 1 is 0.885 bits per heavy atom. The van der Waals surface area contributed by atoms with Crippen molar-refractivity contribution < 1.29 is 9.53 Å². The summed E-state index contributed by atoms with van der Waals surface area (Å²) in [5, 5.41) is 0. The molecule has 0 radical (unpaired) electrons. The lowest BCUT2D eigenvalue weighted by Gasteiger charge is -2.31. The standard InChI is InChI=1S/C18H30N6O2/c1-3-7-22(8-4-2)16-19-17(23-9-5-15(25)6-10-23)21-18(20-16)24-11-13-26-14-12-24/h3-14H2,1-2H3. The molecule has 0 aliphatic carbocycles. The Balaban J connectivity index is 1.91. The number of morpholine rings is 1. The molecule has 26 heavy (non-hydrogen) atoms. The van der Waals surface area contributed by atoms with Crippen LogP contribution in [-0.4, -0.2) is 73.2 Å². The molecule has 0 saturated carbocycles. The molecule has 0 amide bonds. The van der Waals surface area contributed by atoms with Crippen molar-refractivity contribution in [2.75, 3.05) is 67.2 Å². The van der Waals surface area contributed by atoms with Crippen LogP contribution in [0.2, 0.25) is 0 Å². The van der Waals surface area contributed by atoms with Gasteiger partial charge in [-0.1, -0.05) is 13.8 Å². The molecular formula is C18H30N6O2. The topological polar surface area (TPSA) is 74.7 Å². The zero-order valence-electron chi connectivity index (χ0n) is 16.0. The first-order valence-electron chi connectivity index (χ1n) is 9.81. The van der Waals surface area contributed by atoms with Gasteiger partial charge in [0.1, 0.15) is 5.78 Å². The third-order valence-corrected chi connectivity index (χ3v) is 4.77. The predicted octanol–water partition coefficient (Wildman–Crippen LogP) is 1.50. The summed E-state index contributed by atoms with van der Waals surface area (Å²) in [6.45, 7) is 10.6. The van der Waals surface area contributed by atoms with E-state index in [0.717, 1.165) is 50.9 Å². The second-order valence-corrected chi connectivity index (χ2v) is 6.85. The highest BCUT2D eigenvalue weighted by atomic mass is 16.5. The van der Waals surface area contributed by atoms with Crippen LogP contribution in [0.5, 0.6) is 0 Å². The van der Waals surface area contributed by atoms with Gasteiger partial charge in [-0.05, 0) is 12.8 Å². The van der Waals surface area contributed by atoms with Gasteiger partial charge in [0, 0.05) is 52.1 Å². The van der Waals surface area contributed by atoms with Gasteiger partial charge >= 0.3 is 0 Å². The van der Waals surface area contributed by atoms with Crippen molar-refractivity contribution in [1.29, 1.82) is 0 Å². The number of Topliss-reactive ketones (excluding diaryl/α,β-unsaturated/α-hetero) is 1. The molecular weight excluding hydrogens is 332 g/mol. The lowest BCUT2D eigenvalue weighted by Crippen LogP contribution is -2.40. The third kappa shape index (κ3) is 4.60. The number of carbonyl (C=O) groups excluding carboxylic acids is 1. The Kier molecular flexibility index (Phi) is 6.60. The van der Waals surface area contributed by atoms with Crippen molar-refractivity contribution in [3.63, 3.8) is 0 Å². The van der Waals surface area contributed by atoms with Crippen LogP contribution in [0.15, 0.2) is 0 Å². The number of ether oxygens (including phenoxy) is 1. The number of ketones is 1. The molecule has 0 unspecified atom stereocenters. The van der Waals surface area contributed by atoms with E-state index in [4.69, 9.17) is 19.7 Å². The molecule has 1 aromatic rings. The first kappa shape index (κ1) is 18.8. The Morgan fingerprint density at radius 2 is 1.42 bits per heavy atom. The van der Waals surface area contributed by atoms with E-state index in [9.17, 15) is 4.79 Å². The number of aromatic nitrogens is 3. The zero-order chi connectivity index (χ0) is 18.4. The molecule has 8 nitrogen and oxygen atoms in total. The van der Waals surface area contributed by atoms with E-state index in [1.807, 2.05) is 0 Å². The number of nitrogens with zero attached hydrogens (tertiary/aromatic N) is 6. The lowest BCUT2D eigenvalue weighted by molar-refractivity contribution is -0.119. The van der Waals surface area contributed by atoms with E-state index in [0.29, 0.717) is 50.9 Å². The highest BCUT2D eigenvalue weighted by molar-refractivity contribution is 5.80. The van der Waals surface area contributed by atoms with Crippen molar-refractivity contribution in [3.05, 3.63) is 0 Å². The van der Waals surface area contributed by atoms with Crippen LogP contribution in [0.25, 0.3) is 0 Å². The monoisotopic (exact) mass is 362 g/mol. The molecule has 3 rings (SSSR count). The highest BCUT2D eigenvalue weighted by Gasteiger charge is 2.23. The Labute approximate surface area is 155 Å². The number of anilines is 3. The van der Waals surface area contributed by atoms with Crippen molar-refractivity contribution in [3.8, 4) is 0 Å². The molecule has 2 aliphatic heterocycles. The first-order valence-corrected chi connectivity index (χ1v) is 9.81. The molecule has 0 bridgehead atoms. The van der Waals surface area contributed by atoms with Gasteiger partial charge in [-0.15, -0.1) is 0 Å². The number of hydrogen-bond acceptors (Lipinski definition) is 8. The molecule has 0 aromatic carbocycles. The molecule has 3 heterocycles. The SMILES string of the molecule is CCCN(CCC)c1nc(N2CCOCC2)nc(N2CCC(=O)CC2)n1. The van der Waals surface area contributed by atoms with E-state index in [2.05, 4.69) is 28.5 Å².